The van der Waals surface area contributed by atoms with Gasteiger partial charge in [0, 0.05) is 24.2 Å². The number of hydrogen-bond acceptors (Lipinski definition) is 3. The van der Waals surface area contributed by atoms with Gasteiger partial charge in [-0.05, 0) is 18.6 Å². The van der Waals surface area contributed by atoms with Gasteiger partial charge in [-0.3, -0.25) is 4.79 Å². The molecule has 0 saturated carbocycles. The normalized spacial score (nSPS) is 19.0. The molecule has 18 heavy (non-hydrogen) atoms. The third-order valence-corrected chi connectivity index (χ3v) is 3.66. The van der Waals surface area contributed by atoms with Crippen LogP contribution in [0.2, 0.25) is 5.02 Å². The molecule has 0 aromatic heterocycles. The lowest BCUT2D eigenvalue weighted by Crippen LogP contribution is -2.68. The lowest BCUT2D eigenvalue weighted by atomic mass is 9.87. The van der Waals surface area contributed by atoms with Crippen LogP contribution in [0.4, 0.5) is 0 Å². The van der Waals surface area contributed by atoms with Crippen molar-refractivity contribution in [3.8, 4) is 0 Å². The fourth-order valence-corrected chi connectivity index (χ4v) is 2.66. The maximum atomic E-state index is 10.9. The van der Waals surface area contributed by atoms with E-state index >= 15 is 0 Å². The van der Waals surface area contributed by atoms with E-state index in [-0.39, 0.29) is 18.0 Å². The average Bonchev–Trinajstić information content (AvgIpc) is 2.25. The highest BCUT2D eigenvalue weighted by Crippen LogP contribution is 2.26. The number of aliphatic carboxylic acids is 1. The van der Waals surface area contributed by atoms with E-state index in [0.717, 1.165) is 5.56 Å². The smallest absolute Gasteiger partial charge is 0.305 e. The van der Waals surface area contributed by atoms with E-state index in [1.807, 2.05) is 31.2 Å². The molecule has 0 aliphatic carbocycles. The molecule has 0 bridgehead atoms. The summed E-state index contributed by atoms with van der Waals surface area (Å²) < 4.78 is 0. The van der Waals surface area contributed by atoms with Crippen LogP contribution < -0.4 is 10.6 Å². The number of benzene rings is 1. The highest BCUT2D eigenvalue weighted by atomic mass is 35.5. The Balaban J connectivity index is 2.08. The average molecular weight is 269 g/mol. The molecule has 1 fully saturated rings. The van der Waals surface area contributed by atoms with Gasteiger partial charge in [-0.15, -0.1) is 0 Å². The van der Waals surface area contributed by atoms with Gasteiger partial charge < -0.3 is 15.7 Å². The minimum absolute atomic E-state index is 0.0279. The maximum Gasteiger partial charge on any atom is 0.305 e. The molecule has 4 nitrogen and oxygen atoms in total. The fourth-order valence-electron chi connectivity index (χ4n) is 2.36. The van der Waals surface area contributed by atoms with Gasteiger partial charge in [-0.25, -0.2) is 0 Å². The van der Waals surface area contributed by atoms with Gasteiger partial charge in [0.15, 0.2) is 0 Å². The second-order valence-corrected chi connectivity index (χ2v) is 5.25. The predicted molar refractivity (Wildman–Crippen MR) is 70.9 cm³/mol. The van der Waals surface area contributed by atoms with Crippen LogP contribution in [-0.4, -0.2) is 29.7 Å². The Labute approximate surface area is 111 Å². The second-order valence-electron chi connectivity index (χ2n) is 4.84. The summed E-state index contributed by atoms with van der Waals surface area (Å²) in [6.07, 6.45) is 0.120. The van der Waals surface area contributed by atoms with Crippen LogP contribution in [0.5, 0.6) is 0 Å². The SMILES string of the molecule is C[C@@H](NC1(CC(=O)O)CNC1)c1ccccc1Cl. The Hall–Kier alpha value is -1.10. The Morgan fingerprint density at radius 3 is 2.72 bits per heavy atom. The first kappa shape index (κ1) is 13.3. The number of nitrogens with one attached hydrogen (secondary N) is 2. The highest BCUT2D eigenvalue weighted by Gasteiger charge is 2.40. The van der Waals surface area contributed by atoms with Crippen molar-refractivity contribution in [3.63, 3.8) is 0 Å². The molecule has 1 aliphatic heterocycles. The molecule has 0 radical (unpaired) electrons. The van der Waals surface area contributed by atoms with Crippen LogP contribution in [0.3, 0.4) is 0 Å². The van der Waals surface area contributed by atoms with E-state index in [4.69, 9.17) is 16.7 Å². The van der Waals surface area contributed by atoms with Gasteiger partial charge in [0.1, 0.15) is 0 Å². The maximum absolute atomic E-state index is 10.9. The van der Waals surface area contributed by atoms with E-state index in [9.17, 15) is 4.79 Å². The van der Waals surface area contributed by atoms with E-state index in [1.165, 1.54) is 0 Å². The molecule has 98 valence electrons. The second kappa shape index (κ2) is 5.26. The highest BCUT2D eigenvalue weighted by molar-refractivity contribution is 6.31. The molecule has 0 amide bonds. The lowest BCUT2D eigenvalue weighted by molar-refractivity contribution is -0.139. The summed E-state index contributed by atoms with van der Waals surface area (Å²) >= 11 is 6.14. The van der Waals surface area contributed by atoms with Crippen molar-refractivity contribution in [2.24, 2.45) is 0 Å². The van der Waals surface area contributed by atoms with E-state index in [1.54, 1.807) is 0 Å². The zero-order valence-corrected chi connectivity index (χ0v) is 11.0. The van der Waals surface area contributed by atoms with Gasteiger partial charge in [0.2, 0.25) is 0 Å². The summed E-state index contributed by atoms with van der Waals surface area (Å²) in [6, 6.07) is 7.65. The number of carboxylic acids is 1. The Morgan fingerprint density at radius 2 is 2.22 bits per heavy atom. The molecule has 1 heterocycles. The molecule has 3 N–H and O–H groups in total. The van der Waals surface area contributed by atoms with E-state index < -0.39 is 5.97 Å². The topological polar surface area (TPSA) is 61.4 Å². The fraction of sp³-hybridized carbons (Fsp3) is 0.462. The standard InChI is InChI=1S/C13H17ClN2O2/c1-9(10-4-2-3-5-11(10)14)16-13(6-12(17)18)7-15-8-13/h2-5,9,15-16H,6-8H2,1H3,(H,17,18)/t9-/m1/s1. The van der Waals surface area contributed by atoms with Crippen molar-refractivity contribution >= 4 is 17.6 Å². The Bertz CT molecular complexity index is 446. The van der Waals surface area contributed by atoms with Gasteiger partial charge >= 0.3 is 5.97 Å². The van der Waals surface area contributed by atoms with Gasteiger partial charge in [0.25, 0.3) is 0 Å². The zero-order chi connectivity index (χ0) is 13.2. The summed E-state index contributed by atoms with van der Waals surface area (Å²) in [5.41, 5.74) is 0.639. The number of halogens is 1. The minimum Gasteiger partial charge on any atom is -0.481 e. The van der Waals surface area contributed by atoms with Gasteiger partial charge in [-0.1, -0.05) is 29.8 Å². The van der Waals surface area contributed by atoms with Crippen molar-refractivity contribution in [3.05, 3.63) is 34.9 Å². The number of rotatable bonds is 5. The quantitative estimate of drug-likeness (QED) is 0.762. The summed E-state index contributed by atoms with van der Waals surface area (Å²) in [6.45, 7) is 3.35. The monoisotopic (exact) mass is 268 g/mol. The van der Waals surface area contributed by atoms with Gasteiger partial charge in [-0.2, -0.15) is 0 Å². The van der Waals surface area contributed by atoms with Crippen LogP contribution in [0.25, 0.3) is 0 Å². The first-order valence-electron chi connectivity index (χ1n) is 5.97. The van der Waals surface area contributed by atoms with Crippen molar-refractivity contribution in [1.29, 1.82) is 0 Å². The minimum atomic E-state index is -0.782. The van der Waals surface area contributed by atoms with Crippen LogP contribution in [-0.2, 0) is 4.79 Å². The van der Waals surface area contributed by atoms with Crippen molar-refractivity contribution in [1.82, 2.24) is 10.6 Å². The molecular weight excluding hydrogens is 252 g/mol. The Kier molecular flexibility index (Phi) is 3.90. The van der Waals surface area contributed by atoms with Crippen LogP contribution in [0, 0.1) is 0 Å². The Morgan fingerprint density at radius 1 is 1.56 bits per heavy atom. The summed E-state index contributed by atoms with van der Waals surface area (Å²) in [4.78, 5) is 10.9. The van der Waals surface area contributed by atoms with Crippen LogP contribution in [0.1, 0.15) is 24.9 Å². The molecule has 1 atom stereocenters. The molecule has 1 aromatic carbocycles. The molecule has 5 heteroatoms. The van der Waals surface area contributed by atoms with Crippen LogP contribution in [0.15, 0.2) is 24.3 Å². The number of carbonyl (C=O) groups is 1. The van der Waals surface area contributed by atoms with E-state index in [2.05, 4.69) is 10.6 Å². The third-order valence-electron chi connectivity index (χ3n) is 3.31. The lowest BCUT2D eigenvalue weighted by Gasteiger charge is -2.44. The largest absolute Gasteiger partial charge is 0.481 e. The summed E-state index contributed by atoms with van der Waals surface area (Å²) in [5, 5.41) is 16.2. The van der Waals surface area contributed by atoms with Crippen LogP contribution >= 0.6 is 11.6 Å². The predicted octanol–water partition coefficient (Wildman–Crippen LogP) is 1.81. The van der Waals surface area contributed by atoms with Crippen molar-refractivity contribution in [2.45, 2.75) is 24.9 Å². The molecule has 1 aromatic rings. The summed E-state index contributed by atoms with van der Waals surface area (Å²) in [7, 11) is 0. The van der Waals surface area contributed by atoms with E-state index in [0.29, 0.717) is 18.1 Å². The number of carboxylic acid groups (broad SMARTS) is 1. The molecule has 1 saturated heterocycles. The molecular formula is C13H17ClN2O2. The third kappa shape index (κ3) is 2.83. The van der Waals surface area contributed by atoms with Gasteiger partial charge in [0.05, 0.1) is 12.0 Å². The van der Waals surface area contributed by atoms with Crippen molar-refractivity contribution < 1.29 is 9.90 Å². The number of hydrogen-bond donors (Lipinski definition) is 3. The summed E-state index contributed by atoms with van der Waals surface area (Å²) in [5.74, 6) is -0.782. The first-order valence-corrected chi connectivity index (χ1v) is 6.35. The molecule has 2 rings (SSSR count). The molecule has 0 unspecified atom stereocenters. The molecule has 0 spiro atoms. The first-order chi connectivity index (χ1) is 8.52. The molecule has 1 aliphatic rings. The zero-order valence-electron chi connectivity index (χ0n) is 10.2. The van der Waals surface area contributed by atoms with Crippen molar-refractivity contribution in [2.75, 3.05) is 13.1 Å².